The van der Waals surface area contributed by atoms with E-state index in [0.29, 0.717) is 54.0 Å². The second-order valence-corrected chi connectivity index (χ2v) is 12.0. The number of rotatable bonds is 13. The SMILES string of the molecule is COc1cc(CCCC(=O)O)cc(OC)c1OC1CCN(CC(O)(c2cn(Cc3ccccc3)c3cc(C#N)ccc23)C(F)(F)F)CC1. The van der Waals surface area contributed by atoms with E-state index in [9.17, 15) is 28.3 Å². The third-order valence-electron chi connectivity index (χ3n) is 8.77. The smallest absolute Gasteiger partial charge is 0.422 e. The Hall–Kier alpha value is -4.73. The van der Waals surface area contributed by atoms with Crippen molar-refractivity contribution in [2.45, 2.75) is 56.5 Å². The Kier molecular flexibility index (Phi) is 10.5. The molecule has 0 spiro atoms. The van der Waals surface area contributed by atoms with Gasteiger partial charge in [0.05, 0.1) is 31.4 Å². The zero-order valence-electron chi connectivity index (χ0n) is 26.8. The first kappa shape index (κ1) is 34.6. The van der Waals surface area contributed by atoms with Crippen molar-refractivity contribution in [1.82, 2.24) is 9.47 Å². The van der Waals surface area contributed by atoms with E-state index in [0.717, 1.165) is 11.1 Å². The van der Waals surface area contributed by atoms with Crippen LogP contribution in [-0.2, 0) is 23.4 Å². The van der Waals surface area contributed by atoms with Crippen LogP contribution in [0.25, 0.3) is 10.9 Å². The normalized spacial score (nSPS) is 15.5. The van der Waals surface area contributed by atoms with Gasteiger partial charge in [-0.05, 0) is 61.1 Å². The maximum absolute atomic E-state index is 14.9. The van der Waals surface area contributed by atoms with Crippen LogP contribution in [-0.4, -0.2) is 71.8 Å². The number of ether oxygens (including phenoxy) is 3. The Morgan fingerprint density at radius 1 is 1.00 bits per heavy atom. The number of halogens is 3. The van der Waals surface area contributed by atoms with E-state index in [-0.39, 0.29) is 43.1 Å². The predicted octanol–water partition coefficient (Wildman–Crippen LogP) is 6.28. The summed E-state index contributed by atoms with van der Waals surface area (Å²) >= 11 is 0. The maximum atomic E-state index is 14.9. The molecule has 0 bridgehead atoms. The van der Waals surface area contributed by atoms with Crippen molar-refractivity contribution in [3.05, 3.63) is 89.1 Å². The number of fused-ring (bicyclic) bond motifs is 1. The van der Waals surface area contributed by atoms with Gasteiger partial charge in [-0.2, -0.15) is 18.4 Å². The second kappa shape index (κ2) is 14.6. The van der Waals surface area contributed by atoms with E-state index in [1.807, 2.05) is 30.3 Å². The van der Waals surface area contributed by atoms with Crippen LogP contribution >= 0.6 is 0 Å². The lowest BCUT2D eigenvalue weighted by molar-refractivity contribution is -0.272. The minimum atomic E-state index is -4.99. The largest absolute Gasteiger partial charge is 0.493 e. The molecule has 0 saturated carbocycles. The highest BCUT2D eigenvalue weighted by Gasteiger charge is 2.57. The van der Waals surface area contributed by atoms with Gasteiger partial charge >= 0.3 is 12.1 Å². The lowest BCUT2D eigenvalue weighted by atomic mass is 9.90. The lowest BCUT2D eigenvalue weighted by Crippen LogP contribution is -2.53. The average molecular weight is 666 g/mol. The molecule has 48 heavy (non-hydrogen) atoms. The number of nitrogens with zero attached hydrogens (tertiary/aromatic N) is 3. The van der Waals surface area contributed by atoms with Gasteiger partial charge in [0.2, 0.25) is 11.4 Å². The summed E-state index contributed by atoms with van der Waals surface area (Å²) in [5, 5.41) is 30.3. The summed E-state index contributed by atoms with van der Waals surface area (Å²) in [6.45, 7) is 0.0644. The standard InChI is InChI=1S/C36H38F3N3O6/c1-46-31-18-25(9-6-10-33(43)44)19-32(47-2)34(31)48-27-13-15-41(16-14-27)23-35(45,36(37,38)39)29-22-42(21-24-7-4-3-5-8-24)30-17-26(20-40)11-12-28(29)30/h3-5,7-8,11-12,17-19,22,27,45H,6,9-10,13-16,21,23H2,1-2H3,(H,43,44). The number of β-amino-alcohol motifs (C(OH)–C–C–N with tert-alkyl or cyclic N) is 1. The van der Waals surface area contributed by atoms with Crippen LogP contribution in [0, 0.1) is 11.3 Å². The van der Waals surface area contributed by atoms with Crippen molar-refractivity contribution in [3.8, 4) is 23.3 Å². The summed E-state index contributed by atoms with van der Waals surface area (Å²) in [5.74, 6) is 0.327. The van der Waals surface area contributed by atoms with Crippen molar-refractivity contribution in [1.29, 1.82) is 5.26 Å². The molecule has 1 aliphatic rings. The van der Waals surface area contributed by atoms with Gasteiger partial charge in [-0.15, -0.1) is 0 Å². The number of aromatic nitrogens is 1. The number of alkyl halides is 3. The number of benzene rings is 3. The Balaban J connectivity index is 1.35. The first-order valence-electron chi connectivity index (χ1n) is 15.7. The molecule has 4 aromatic rings. The molecule has 3 aromatic carbocycles. The van der Waals surface area contributed by atoms with Crippen LogP contribution < -0.4 is 14.2 Å². The fourth-order valence-electron chi connectivity index (χ4n) is 6.24. The molecular formula is C36H38F3N3O6. The molecule has 2 heterocycles. The predicted molar refractivity (Wildman–Crippen MR) is 172 cm³/mol. The van der Waals surface area contributed by atoms with Gasteiger partial charge in [-0.25, -0.2) is 0 Å². The van der Waals surface area contributed by atoms with E-state index in [2.05, 4.69) is 6.07 Å². The number of aryl methyl sites for hydroxylation is 1. The lowest BCUT2D eigenvalue weighted by Gasteiger charge is -2.39. The number of nitriles is 1. The van der Waals surface area contributed by atoms with Crippen molar-refractivity contribution >= 4 is 16.9 Å². The molecule has 1 saturated heterocycles. The van der Waals surface area contributed by atoms with E-state index in [1.54, 1.807) is 27.7 Å². The number of hydrogen-bond acceptors (Lipinski definition) is 7. The molecule has 1 unspecified atom stereocenters. The highest BCUT2D eigenvalue weighted by atomic mass is 19.4. The molecule has 1 aromatic heterocycles. The van der Waals surface area contributed by atoms with Crippen LogP contribution in [0.4, 0.5) is 13.2 Å². The van der Waals surface area contributed by atoms with Gasteiger partial charge in [-0.3, -0.25) is 9.69 Å². The highest BCUT2D eigenvalue weighted by Crippen LogP contribution is 2.45. The minimum Gasteiger partial charge on any atom is -0.493 e. The monoisotopic (exact) mass is 665 g/mol. The van der Waals surface area contributed by atoms with Crippen LogP contribution in [0.1, 0.15) is 47.9 Å². The van der Waals surface area contributed by atoms with Gasteiger partial charge in [0.25, 0.3) is 0 Å². The van der Waals surface area contributed by atoms with Gasteiger partial charge in [0, 0.05) is 49.7 Å². The summed E-state index contributed by atoms with van der Waals surface area (Å²) in [5.41, 5.74) is -1.02. The number of aliphatic carboxylic acids is 1. The number of hydrogen-bond donors (Lipinski definition) is 2. The van der Waals surface area contributed by atoms with Crippen LogP contribution in [0.2, 0.25) is 0 Å². The molecule has 5 rings (SSSR count). The molecule has 9 nitrogen and oxygen atoms in total. The first-order chi connectivity index (χ1) is 22.9. The topological polar surface area (TPSA) is 117 Å². The number of aliphatic hydroxyl groups is 1. The number of likely N-dealkylation sites (tertiary alicyclic amines) is 1. The van der Waals surface area contributed by atoms with Gasteiger partial charge < -0.3 is 29.0 Å². The summed E-state index contributed by atoms with van der Waals surface area (Å²) in [6, 6.07) is 19.3. The van der Waals surface area contributed by atoms with E-state index >= 15 is 0 Å². The first-order valence-corrected chi connectivity index (χ1v) is 15.7. The maximum Gasteiger partial charge on any atom is 0.422 e. The van der Waals surface area contributed by atoms with Gasteiger partial charge in [-0.1, -0.05) is 36.4 Å². The molecular weight excluding hydrogens is 627 g/mol. The second-order valence-electron chi connectivity index (χ2n) is 12.0. The van der Waals surface area contributed by atoms with E-state index in [1.165, 1.54) is 32.5 Å². The van der Waals surface area contributed by atoms with Crippen molar-refractivity contribution in [2.24, 2.45) is 0 Å². The molecule has 254 valence electrons. The van der Waals surface area contributed by atoms with Crippen molar-refractivity contribution < 1.29 is 42.4 Å². The van der Waals surface area contributed by atoms with E-state index < -0.39 is 24.3 Å². The Morgan fingerprint density at radius 3 is 2.25 bits per heavy atom. The number of carbonyl (C=O) groups is 1. The van der Waals surface area contributed by atoms with Gasteiger partial charge in [0.1, 0.15) is 6.10 Å². The van der Waals surface area contributed by atoms with Crippen LogP contribution in [0.5, 0.6) is 17.2 Å². The molecule has 0 radical (unpaired) electrons. The highest BCUT2D eigenvalue weighted by molar-refractivity contribution is 5.86. The Morgan fingerprint density at radius 2 is 1.67 bits per heavy atom. The van der Waals surface area contributed by atoms with Gasteiger partial charge in [0.15, 0.2) is 11.5 Å². The molecule has 2 N–H and O–H groups in total. The quantitative estimate of drug-likeness (QED) is 0.172. The number of carboxylic acids is 1. The third kappa shape index (κ3) is 7.53. The average Bonchev–Trinajstić information content (AvgIpc) is 3.43. The molecule has 12 heteroatoms. The summed E-state index contributed by atoms with van der Waals surface area (Å²) in [7, 11) is 2.97. The zero-order chi connectivity index (χ0) is 34.5. The third-order valence-corrected chi connectivity index (χ3v) is 8.77. The molecule has 0 aliphatic carbocycles. The number of piperidine rings is 1. The molecule has 0 amide bonds. The molecule has 1 aliphatic heterocycles. The fourth-order valence-corrected chi connectivity index (χ4v) is 6.24. The van der Waals surface area contributed by atoms with Crippen molar-refractivity contribution in [3.63, 3.8) is 0 Å². The fraction of sp³-hybridized carbons (Fsp3) is 0.389. The Labute approximate surface area is 276 Å². The summed E-state index contributed by atoms with van der Waals surface area (Å²) < 4.78 is 63.8. The zero-order valence-corrected chi connectivity index (χ0v) is 26.8. The summed E-state index contributed by atoms with van der Waals surface area (Å²) in [6.07, 6.45) is -2.23. The number of methoxy groups -OCH3 is 2. The van der Waals surface area contributed by atoms with E-state index in [4.69, 9.17) is 19.3 Å². The van der Waals surface area contributed by atoms with Crippen LogP contribution in [0.3, 0.4) is 0 Å². The van der Waals surface area contributed by atoms with Crippen molar-refractivity contribution in [2.75, 3.05) is 33.9 Å². The molecule has 1 atom stereocenters. The Bertz CT molecular complexity index is 1750. The number of carboxylic acid groups (broad SMARTS) is 1. The summed E-state index contributed by atoms with van der Waals surface area (Å²) in [4.78, 5) is 12.5. The molecule has 1 fully saturated rings. The van der Waals surface area contributed by atoms with Crippen LogP contribution in [0.15, 0.2) is 66.9 Å². The minimum absolute atomic E-state index is 0.0305.